The summed E-state index contributed by atoms with van der Waals surface area (Å²) >= 11 is 0. The number of esters is 1. The zero-order chi connectivity index (χ0) is 15.2. The van der Waals surface area contributed by atoms with Crippen LogP contribution in [0.2, 0.25) is 0 Å². The van der Waals surface area contributed by atoms with Crippen molar-refractivity contribution in [1.82, 2.24) is 9.80 Å². The van der Waals surface area contributed by atoms with Gasteiger partial charge in [-0.2, -0.15) is 0 Å². The molecule has 5 heteroatoms. The number of nitrogens with zero attached hydrogens (tertiary/aromatic N) is 2. The Hall–Kier alpha value is -1.10. The standard InChI is InChI=1S/C16H28N2O3/c1-17(13-8-4-3-5-9-13)15(19)12-18-11-7-6-10-14(18)16(20)21-2/h13-14H,3-12H2,1-2H3/t14-/m1/s1. The second-order valence-electron chi connectivity index (χ2n) is 6.30. The Kier molecular flexibility index (Phi) is 6.03. The first-order valence-electron chi connectivity index (χ1n) is 8.21. The van der Waals surface area contributed by atoms with Crippen LogP contribution >= 0.6 is 0 Å². The van der Waals surface area contributed by atoms with Crippen LogP contribution in [0.4, 0.5) is 0 Å². The molecule has 0 spiro atoms. The molecule has 2 fully saturated rings. The Balaban J connectivity index is 1.91. The summed E-state index contributed by atoms with van der Waals surface area (Å²) in [4.78, 5) is 28.2. The van der Waals surface area contributed by atoms with Gasteiger partial charge in [-0.1, -0.05) is 25.7 Å². The quantitative estimate of drug-likeness (QED) is 0.742. The molecule has 120 valence electrons. The molecule has 0 bridgehead atoms. The van der Waals surface area contributed by atoms with Crippen molar-refractivity contribution in [3.63, 3.8) is 0 Å². The van der Waals surface area contributed by atoms with Crippen LogP contribution < -0.4 is 0 Å². The van der Waals surface area contributed by atoms with Crippen molar-refractivity contribution >= 4 is 11.9 Å². The van der Waals surface area contributed by atoms with Crippen LogP contribution in [-0.2, 0) is 14.3 Å². The average Bonchev–Trinajstić information content (AvgIpc) is 2.54. The molecule has 2 aliphatic rings. The van der Waals surface area contributed by atoms with Crippen LogP contribution in [-0.4, -0.2) is 61.0 Å². The van der Waals surface area contributed by atoms with Gasteiger partial charge in [0.25, 0.3) is 0 Å². The third-order valence-corrected chi connectivity index (χ3v) is 4.94. The van der Waals surface area contributed by atoms with Gasteiger partial charge in [0.2, 0.25) is 5.91 Å². The average molecular weight is 296 g/mol. The number of amides is 1. The molecule has 2 rings (SSSR count). The van der Waals surface area contributed by atoms with Crippen molar-refractivity contribution in [3.8, 4) is 0 Å². The molecule has 1 saturated carbocycles. The van der Waals surface area contributed by atoms with E-state index >= 15 is 0 Å². The van der Waals surface area contributed by atoms with Crippen LogP contribution in [0.25, 0.3) is 0 Å². The minimum absolute atomic E-state index is 0.137. The largest absolute Gasteiger partial charge is 0.468 e. The highest BCUT2D eigenvalue weighted by Gasteiger charge is 2.32. The smallest absolute Gasteiger partial charge is 0.323 e. The van der Waals surface area contributed by atoms with Gasteiger partial charge < -0.3 is 9.64 Å². The van der Waals surface area contributed by atoms with Crippen LogP contribution in [0, 0.1) is 0 Å². The maximum Gasteiger partial charge on any atom is 0.323 e. The van der Waals surface area contributed by atoms with Gasteiger partial charge in [0.05, 0.1) is 13.7 Å². The summed E-state index contributed by atoms with van der Waals surface area (Å²) in [5.41, 5.74) is 0. The maximum atomic E-state index is 12.5. The molecule has 1 amide bonds. The molecule has 0 radical (unpaired) electrons. The van der Waals surface area contributed by atoms with Crippen molar-refractivity contribution in [2.24, 2.45) is 0 Å². The fourth-order valence-electron chi connectivity index (χ4n) is 3.54. The van der Waals surface area contributed by atoms with E-state index in [9.17, 15) is 9.59 Å². The molecule has 0 aromatic carbocycles. The number of carbonyl (C=O) groups is 2. The molecule has 0 aromatic rings. The number of hydrogen-bond acceptors (Lipinski definition) is 4. The fraction of sp³-hybridized carbons (Fsp3) is 0.875. The summed E-state index contributed by atoms with van der Waals surface area (Å²) in [7, 11) is 3.33. The molecule has 0 N–H and O–H groups in total. The zero-order valence-electron chi connectivity index (χ0n) is 13.3. The zero-order valence-corrected chi connectivity index (χ0v) is 13.3. The Morgan fingerprint density at radius 2 is 1.76 bits per heavy atom. The van der Waals surface area contributed by atoms with Gasteiger partial charge in [0.15, 0.2) is 0 Å². The summed E-state index contributed by atoms with van der Waals surface area (Å²) in [6.07, 6.45) is 8.83. The normalized spacial score (nSPS) is 24.6. The second-order valence-corrected chi connectivity index (χ2v) is 6.30. The summed E-state index contributed by atoms with van der Waals surface area (Å²) in [6.45, 7) is 1.15. The lowest BCUT2D eigenvalue weighted by atomic mass is 9.94. The number of hydrogen-bond donors (Lipinski definition) is 0. The van der Waals surface area contributed by atoms with Crippen LogP contribution in [0.1, 0.15) is 51.4 Å². The van der Waals surface area contributed by atoms with E-state index in [-0.39, 0.29) is 17.9 Å². The van der Waals surface area contributed by atoms with Gasteiger partial charge in [0.1, 0.15) is 6.04 Å². The minimum Gasteiger partial charge on any atom is -0.468 e. The number of likely N-dealkylation sites (tertiary alicyclic amines) is 1. The second kappa shape index (κ2) is 7.78. The van der Waals surface area contributed by atoms with Crippen molar-refractivity contribution < 1.29 is 14.3 Å². The third kappa shape index (κ3) is 4.19. The molecule has 21 heavy (non-hydrogen) atoms. The highest BCUT2D eigenvalue weighted by Crippen LogP contribution is 2.23. The van der Waals surface area contributed by atoms with Gasteiger partial charge in [-0.3, -0.25) is 14.5 Å². The molecule has 5 nitrogen and oxygen atoms in total. The highest BCUT2D eigenvalue weighted by atomic mass is 16.5. The fourth-order valence-corrected chi connectivity index (χ4v) is 3.54. The van der Waals surface area contributed by atoms with E-state index in [4.69, 9.17) is 4.74 Å². The van der Waals surface area contributed by atoms with E-state index in [1.165, 1.54) is 26.4 Å². The van der Waals surface area contributed by atoms with Gasteiger partial charge in [0, 0.05) is 13.1 Å². The Morgan fingerprint density at radius 3 is 2.43 bits per heavy atom. The molecular formula is C16H28N2O3. The van der Waals surface area contributed by atoms with Crippen LogP contribution in [0.3, 0.4) is 0 Å². The van der Waals surface area contributed by atoms with Gasteiger partial charge >= 0.3 is 5.97 Å². The molecule has 1 heterocycles. The summed E-state index contributed by atoms with van der Waals surface area (Å²) < 4.78 is 4.87. The number of likely N-dealkylation sites (N-methyl/N-ethyl adjacent to an activating group) is 1. The van der Waals surface area contributed by atoms with Gasteiger partial charge in [-0.15, -0.1) is 0 Å². The number of carbonyl (C=O) groups excluding carboxylic acids is 2. The highest BCUT2D eigenvalue weighted by molar-refractivity contribution is 5.80. The van der Waals surface area contributed by atoms with Crippen LogP contribution in [0.5, 0.6) is 0 Å². The van der Waals surface area contributed by atoms with E-state index in [0.29, 0.717) is 12.6 Å². The van der Waals surface area contributed by atoms with Crippen molar-refractivity contribution in [2.75, 3.05) is 27.2 Å². The number of methoxy groups -OCH3 is 1. The van der Waals surface area contributed by atoms with Gasteiger partial charge in [-0.05, 0) is 32.2 Å². The Labute approximate surface area is 127 Å². The Morgan fingerprint density at radius 1 is 1.10 bits per heavy atom. The monoisotopic (exact) mass is 296 g/mol. The summed E-state index contributed by atoms with van der Waals surface area (Å²) in [6, 6.07) is 0.139. The molecule has 1 aliphatic carbocycles. The van der Waals surface area contributed by atoms with Crippen molar-refractivity contribution in [2.45, 2.75) is 63.5 Å². The van der Waals surface area contributed by atoms with Crippen molar-refractivity contribution in [1.29, 1.82) is 0 Å². The first-order chi connectivity index (χ1) is 10.1. The topological polar surface area (TPSA) is 49.9 Å². The maximum absolute atomic E-state index is 12.5. The Bertz CT molecular complexity index is 367. The minimum atomic E-state index is -0.243. The summed E-state index contributed by atoms with van der Waals surface area (Å²) in [5, 5.41) is 0. The van der Waals surface area contributed by atoms with E-state index in [0.717, 1.165) is 38.6 Å². The number of ether oxygens (including phenoxy) is 1. The number of piperidine rings is 1. The van der Waals surface area contributed by atoms with E-state index in [2.05, 4.69) is 0 Å². The first kappa shape index (κ1) is 16.3. The van der Waals surface area contributed by atoms with Crippen LogP contribution in [0.15, 0.2) is 0 Å². The molecule has 0 unspecified atom stereocenters. The molecule has 1 atom stereocenters. The lowest BCUT2D eigenvalue weighted by Gasteiger charge is -2.36. The van der Waals surface area contributed by atoms with E-state index in [1.54, 1.807) is 0 Å². The predicted molar refractivity (Wildman–Crippen MR) is 80.9 cm³/mol. The molecular weight excluding hydrogens is 268 g/mol. The van der Waals surface area contributed by atoms with E-state index < -0.39 is 0 Å². The molecule has 1 saturated heterocycles. The van der Waals surface area contributed by atoms with E-state index in [1.807, 2.05) is 16.8 Å². The van der Waals surface area contributed by atoms with Crippen molar-refractivity contribution in [3.05, 3.63) is 0 Å². The molecule has 0 aromatic heterocycles. The predicted octanol–water partition coefficient (Wildman–Crippen LogP) is 1.80. The number of rotatable bonds is 4. The molecule has 1 aliphatic heterocycles. The van der Waals surface area contributed by atoms with Gasteiger partial charge in [-0.25, -0.2) is 0 Å². The lowest BCUT2D eigenvalue weighted by Crippen LogP contribution is -2.51. The third-order valence-electron chi connectivity index (χ3n) is 4.94. The first-order valence-corrected chi connectivity index (χ1v) is 8.21. The summed E-state index contributed by atoms with van der Waals surface area (Å²) in [5.74, 6) is -0.0690. The lowest BCUT2D eigenvalue weighted by molar-refractivity contribution is -0.149. The SMILES string of the molecule is COC(=O)[C@H]1CCCCN1CC(=O)N(C)C1CCCCC1.